The normalized spacial score (nSPS) is 10.8. The van der Waals surface area contributed by atoms with Gasteiger partial charge in [0.1, 0.15) is 0 Å². The lowest BCUT2D eigenvalue weighted by molar-refractivity contribution is -0.116. The second-order valence-electron chi connectivity index (χ2n) is 5.68. The lowest BCUT2D eigenvalue weighted by atomic mass is 10.2. The van der Waals surface area contributed by atoms with Crippen LogP contribution < -0.4 is 5.32 Å². The van der Waals surface area contributed by atoms with Crippen molar-refractivity contribution in [3.05, 3.63) is 63.6 Å². The van der Waals surface area contributed by atoms with Crippen molar-refractivity contribution in [2.75, 3.05) is 5.32 Å². The van der Waals surface area contributed by atoms with Gasteiger partial charge in [-0.1, -0.05) is 23.7 Å². The third-order valence-corrected chi connectivity index (χ3v) is 4.66. The molecule has 0 saturated carbocycles. The summed E-state index contributed by atoms with van der Waals surface area (Å²) in [5, 5.41) is 12.1. The molecule has 0 unspecified atom stereocenters. The van der Waals surface area contributed by atoms with E-state index < -0.39 is 0 Å². The van der Waals surface area contributed by atoms with Crippen LogP contribution in [0.15, 0.2) is 47.3 Å². The second kappa shape index (κ2) is 7.84. The molecule has 2 heterocycles. The lowest BCUT2D eigenvalue weighted by Gasteiger charge is -2.03. The van der Waals surface area contributed by atoms with E-state index in [0.29, 0.717) is 30.2 Å². The number of halogens is 2. The molecular formula is C17H17BrClN5O. The van der Waals surface area contributed by atoms with Gasteiger partial charge in [-0.2, -0.15) is 10.2 Å². The Kier molecular flexibility index (Phi) is 5.55. The second-order valence-corrected chi connectivity index (χ2v) is 6.97. The highest BCUT2D eigenvalue weighted by Gasteiger charge is 2.07. The molecule has 0 aliphatic rings. The van der Waals surface area contributed by atoms with Gasteiger partial charge in [-0.25, -0.2) is 0 Å². The van der Waals surface area contributed by atoms with Crippen LogP contribution in [0.4, 0.5) is 5.69 Å². The molecule has 0 saturated heterocycles. The van der Waals surface area contributed by atoms with Crippen molar-refractivity contribution in [3.63, 3.8) is 0 Å². The topological polar surface area (TPSA) is 64.7 Å². The fourth-order valence-electron chi connectivity index (χ4n) is 2.34. The molecular weight excluding hydrogens is 406 g/mol. The van der Waals surface area contributed by atoms with Crippen molar-refractivity contribution < 1.29 is 4.79 Å². The zero-order chi connectivity index (χ0) is 17.8. The summed E-state index contributed by atoms with van der Waals surface area (Å²) in [6, 6.07) is 7.59. The highest BCUT2D eigenvalue weighted by Crippen LogP contribution is 2.14. The molecule has 1 amide bonds. The van der Waals surface area contributed by atoms with Gasteiger partial charge in [0.15, 0.2) is 0 Å². The number of amides is 1. The number of hydrogen-bond acceptors (Lipinski definition) is 3. The molecule has 1 aromatic carbocycles. The summed E-state index contributed by atoms with van der Waals surface area (Å²) in [4.78, 5) is 12.1. The number of benzene rings is 1. The van der Waals surface area contributed by atoms with Crippen LogP contribution in [-0.2, 0) is 17.9 Å². The van der Waals surface area contributed by atoms with Crippen molar-refractivity contribution in [1.82, 2.24) is 19.6 Å². The average molecular weight is 423 g/mol. The first-order chi connectivity index (χ1) is 12.0. The summed E-state index contributed by atoms with van der Waals surface area (Å²) < 4.78 is 4.46. The van der Waals surface area contributed by atoms with E-state index in [1.165, 1.54) is 0 Å². The van der Waals surface area contributed by atoms with Gasteiger partial charge in [-0.15, -0.1) is 0 Å². The van der Waals surface area contributed by atoms with Crippen LogP contribution in [0, 0.1) is 6.92 Å². The molecule has 130 valence electrons. The molecule has 3 aromatic rings. The number of nitrogens with zero attached hydrogens (tertiary/aromatic N) is 4. The van der Waals surface area contributed by atoms with Crippen LogP contribution in [0.1, 0.15) is 17.7 Å². The molecule has 0 bridgehead atoms. The molecule has 0 fully saturated rings. The van der Waals surface area contributed by atoms with E-state index in [2.05, 4.69) is 31.4 Å². The highest BCUT2D eigenvalue weighted by molar-refractivity contribution is 9.10. The van der Waals surface area contributed by atoms with Gasteiger partial charge in [-0.05, 0) is 40.5 Å². The van der Waals surface area contributed by atoms with Crippen LogP contribution in [0.2, 0.25) is 5.02 Å². The molecule has 2 aromatic heterocycles. The maximum atomic E-state index is 12.1. The Morgan fingerprint density at radius 1 is 1.24 bits per heavy atom. The number of nitrogens with one attached hydrogen (secondary N) is 1. The number of rotatable bonds is 6. The molecule has 0 radical (unpaired) electrons. The number of aryl methyl sites for hydroxylation is 2. The summed E-state index contributed by atoms with van der Waals surface area (Å²) in [6.07, 6.45) is 5.66. The van der Waals surface area contributed by atoms with E-state index >= 15 is 0 Å². The minimum atomic E-state index is -0.0738. The molecule has 6 nitrogen and oxygen atoms in total. The summed E-state index contributed by atoms with van der Waals surface area (Å²) >= 11 is 9.29. The number of anilines is 1. The van der Waals surface area contributed by atoms with Crippen molar-refractivity contribution in [2.24, 2.45) is 0 Å². The maximum Gasteiger partial charge on any atom is 0.226 e. The number of aromatic nitrogens is 4. The first-order valence-corrected chi connectivity index (χ1v) is 8.93. The fourth-order valence-corrected chi connectivity index (χ4v) is 2.78. The van der Waals surface area contributed by atoms with Gasteiger partial charge >= 0.3 is 0 Å². The zero-order valence-electron chi connectivity index (χ0n) is 13.6. The van der Waals surface area contributed by atoms with Crippen LogP contribution >= 0.6 is 27.5 Å². The van der Waals surface area contributed by atoms with Gasteiger partial charge in [0.2, 0.25) is 5.91 Å². The Balaban J connectivity index is 1.51. The van der Waals surface area contributed by atoms with E-state index in [-0.39, 0.29) is 5.91 Å². The van der Waals surface area contributed by atoms with Crippen molar-refractivity contribution in [3.8, 4) is 0 Å². The van der Waals surface area contributed by atoms with E-state index in [0.717, 1.165) is 15.7 Å². The molecule has 8 heteroatoms. The lowest BCUT2D eigenvalue weighted by Crippen LogP contribution is -2.14. The minimum absolute atomic E-state index is 0.0738. The van der Waals surface area contributed by atoms with E-state index in [1.54, 1.807) is 21.8 Å². The van der Waals surface area contributed by atoms with Crippen LogP contribution in [0.3, 0.4) is 0 Å². The van der Waals surface area contributed by atoms with E-state index in [9.17, 15) is 4.79 Å². The first kappa shape index (κ1) is 17.7. The first-order valence-electron chi connectivity index (χ1n) is 7.76. The van der Waals surface area contributed by atoms with Gasteiger partial charge < -0.3 is 5.32 Å². The quantitative estimate of drug-likeness (QED) is 0.655. The molecule has 0 aliphatic carbocycles. The molecule has 25 heavy (non-hydrogen) atoms. The van der Waals surface area contributed by atoms with Crippen molar-refractivity contribution in [1.29, 1.82) is 0 Å². The third-order valence-electron chi connectivity index (χ3n) is 3.63. The fraction of sp³-hybridized carbons (Fsp3) is 0.235. The Bertz CT molecular complexity index is 852. The maximum absolute atomic E-state index is 12.1. The highest BCUT2D eigenvalue weighted by atomic mass is 79.9. The van der Waals surface area contributed by atoms with E-state index in [1.807, 2.05) is 37.4 Å². The SMILES string of the molecule is Cc1nn(CCC(=O)Nc2cnn(Cc3ccc(Cl)cc3)c2)cc1Br. The average Bonchev–Trinajstić information content (AvgIpc) is 3.14. The summed E-state index contributed by atoms with van der Waals surface area (Å²) in [7, 11) is 0. The Labute approximate surface area is 158 Å². The van der Waals surface area contributed by atoms with E-state index in [4.69, 9.17) is 11.6 Å². The molecule has 3 rings (SSSR count). The van der Waals surface area contributed by atoms with Gasteiger partial charge in [-0.3, -0.25) is 14.2 Å². The predicted octanol–water partition coefficient (Wildman–Crippen LogP) is 3.88. The number of hydrogen-bond donors (Lipinski definition) is 1. The van der Waals surface area contributed by atoms with Crippen molar-refractivity contribution in [2.45, 2.75) is 26.4 Å². The molecule has 1 N–H and O–H groups in total. The largest absolute Gasteiger partial charge is 0.323 e. The molecule has 0 aliphatic heterocycles. The van der Waals surface area contributed by atoms with Gasteiger partial charge in [0, 0.05) is 30.4 Å². The Hall–Kier alpha value is -2.12. The molecule has 0 atom stereocenters. The van der Waals surface area contributed by atoms with Gasteiger partial charge in [0.05, 0.1) is 28.6 Å². The van der Waals surface area contributed by atoms with Crippen LogP contribution in [-0.4, -0.2) is 25.5 Å². The molecule has 0 spiro atoms. The summed E-state index contributed by atoms with van der Waals surface area (Å²) in [5.41, 5.74) is 2.67. The minimum Gasteiger partial charge on any atom is -0.323 e. The van der Waals surface area contributed by atoms with Gasteiger partial charge in [0.25, 0.3) is 0 Å². The zero-order valence-corrected chi connectivity index (χ0v) is 16.0. The monoisotopic (exact) mass is 421 g/mol. The number of carbonyl (C=O) groups excluding carboxylic acids is 1. The summed E-state index contributed by atoms with van der Waals surface area (Å²) in [6.45, 7) is 3.06. The van der Waals surface area contributed by atoms with Crippen LogP contribution in [0.5, 0.6) is 0 Å². The predicted molar refractivity (Wildman–Crippen MR) is 101 cm³/mol. The standard InChI is InChI=1S/C17H17BrClN5O/c1-12-16(18)11-23(22-12)7-6-17(25)21-15-8-20-24(10-15)9-13-2-4-14(19)5-3-13/h2-5,8,10-11H,6-7,9H2,1H3,(H,21,25). The van der Waals surface area contributed by atoms with Crippen LogP contribution in [0.25, 0.3) is 0 Å². The van der Waals surface area contributed by atoms with Crippen molar-refractivity contribution >= 4 is 39.1 Å². The summed E-state index contributed by atoms with van der Waals surface area (Å²) in [5.74, 6) is -0.0738. The Morgan fingerprint density at radius 2 is 2.00 bits per heavy atom. The third kappa shape index (κ3) is 4.93. The smallest absolute Gasteiger partial charge is 0.226 e. The number of carbonyl (C=O) groups is 1. The Morgan fingerprint density at radius 3 is 2.68 bits per heavy atom.